The third-order valence-corrected chi connectivity index (χ3v) is 3.48. The van der Waals surface area contributed by atoms with Crippen LogP contribution in [0.2, 0.25) is 0 Å². The molecule has 1 N–H and O–H groups in total. The summed E-state index contributed by atoms with van der Waals surface area (Å²) in [6.45, 7) is 4.99. The van der Waals surface area contributed by atoms with Crippen LogP contribution in [-0.4, -0.2) is 7.05 Å². The van der Waals surface area contributed by atoms with Crippen molar-refractivity contribution < 1.29 is 4.74 Å². The summed E-state index contributed by atoms with van der Waals surface area (Å²) in [5, 5.41) is 3.15. The summed E-state index contributed by atoms with van der Waals surface area (Å²) in [7, 11) is 1.95. The van der Waals surface area contributed by atoms with Gasteiger partial charge in [0.1, 0.15) is 11.5 Å². The van der Waals surface area contributed by atoms with E-state index in [-0.39, 0.29) is 0 Å². The molecular weight excluding hydrogens is 302 g/mol. The van der Waals surface area contributed by atoms with Crippen LogP contribution in [0.25, 0.3) is 0 Å². The number of rotatable bonds is 4. The average Bonchev–Trinajstić information content (AvgIpc) is 2.37. The van der Waals surface area contributed by atoms with Crippen LogP contribution in [0.15, 0.2) is 40.9 Å². The molecule has 0 aliphatic carbocycles. The zero-order chi connectivity index (χ0) is 13.8. The molecule has 2 rings (SSSR count). The van der Waals surface area contributed by atoms with E-state index < -0.39 is 0 Å². The van der Waals surface area contributed by atoms with E-state index in [0.717, 1.165) is 33.6 Å². The molecule has 0 amide bonds. The smallest absolute Gasteiger partial charge is 0.131 e. The Morgan fingerprint density at radius 1 is 1.00 bits per heavy atom. The van der Waals surface area contributed by atoms with Crippen molar-refractivity contribution in [3.63, 3.8) is 0 Å². The lowest BCUT2D eigenvalue weighted by molar-refractivity contribution is 0.474. The lowest BCUT2D eigenvalue weighted by atomic mass is 10.1. The molecule has 0 atom stereocenters. The fourth-order valence-electron chi connectivity index (χ4n) is 1.94. The van der Waals surface area contributed by atoms with Crippen molar-refractivity contribution in [1.82, 2.24) is 5.32 Å². The second-order valence-corrected chi connectivity index (χ2v) is 5.56. The lowest BCUT2D eigenvalue weighted by Gasteiger charge is -2.12. The Morgan fingerprint density at radius 3 is 2.47 bits per heavy atom. The van der Waals surface area contributed by atoms with Gasteiger partial charge in [-0.25, -0.2) is 0 Å². The predicted octanol–water partition coefficient (Wildman–Crippen LogP) is 4.58. The van der Waals surface area contributed by atoms with E-state index in [1.807, 2.05) is 38.2 Å². The average molecular weight is 320 g/mol. The number of nitrogens with one attached hydrogen (secondary N) is 1. The number of hydrogen-bond acceptors (Lipinski definition) is 2. The molecule has 0 bridgehead atoms. The van der Waals surface area contributed by atoms with Crippen LogP contribution < -0.4 is 10.1 Å². The van der Waals surface area contributed by atoms with Gasteiger partial charge in [-0.15, -0.1) is 0 Å². The van der Waals surface area contributed by atoms with Gasteiger partial charge in [0.2, 0.25) is 0 Å². The summed E-state index contributed by atoms with van der Waals surface area (Å²) in [5.74, 6) is 1.79. The fourth-order valence-corrected chi connectivity index (χ4v) is 2.28. The van der Waals surface area contributed by atoms with Crippen molar-refractivity contribution >= 4 is 15.9 Å². The van der Waals surface area contributed by atoms with Gasteiger partial charge in [-0.3, -0.25) is 0 Å². The Balaban J connectivity index is 2.25. The molecule has 100 valence electrons. The van der Waals surface area contributed by atoms with E-state index in [9.17, 15) is 0 Å². The second kappa shape index (κ2) is 6.22. The first-order valence-electron chi connectivity index (χ1n) is 6.28. The van der Waals surface area contributed by atoms with E-state index in [2.05, 4.69) is 40.3 Å². The molecule has 0 aliphatic rings. The summed E-state index contributed by atoms with van der Waals surface area (Å²) in [5.41, 5.74) is 3.53. The fraction of sp³-hybridized carbons (Fsp3) is 0.250. The molecule has 0 spiro atoms. The molecule has 0 aliphatic heterocycles. The van der Waals surface area contributed by atoms with Gasteiger partial charge in [0.05, 0.1) is 0 Å². The normalized spacial score (nSPS) is 10.5. The van der Waals surface area contributed by atoms with E-state index in [4.69, 9.17) is 4.74 Å². The molecule has 0 saturated heterocycles. The largest absolute Gasteiger partial charge is 0.457 e. The van der Waals surface area contributed by atoms with Crippen molar-refractivity contribution in [3.8, 4) is 11.5 Å². The maximum Gasteiger partial charge on any atom is 0.131 e. The Labute approximate surface area is 122 Å². The number of hydrogen-bond donors (Lipinski definition) is 1. The topological polar surface area (TPSA) is 21.3 Å². The first-order chi connectivity index (χ1) is 9.10. The SMILES string of the molecule is CNCc1ccc(Oc2cc(Br)ccc2C)c(C)c1. The summed E-state index contributed by atoms with van der Waals surface area (Å²) in [4.78, 5) is 0. The van der Waals surface area contributed by atoms with Gasteiger partial charge in [-0.1, -0.05) is 34.1 Å². The monoisotopic (exact) mass is 319 g/mol. The zero-order valence-corrected chi connectivity index (χ0v) is 13.0. The summed E-state index contributed by atoms with van der Waals surface area (Å²) in [6, 6.07) is 12.3. The van der Waals surface area contributed by atoms with Crippen LogP contribution in [0.5, 0.6) is 11.5 Å². The third kappa shape index (κ3) is 3.58. The molecule has 0 heterocycles. The zero-order valence-electron chi connectivity index (χ0n) is 11.5. The van der Waals surface area contributed by atoms with E-state index >= 15 is 0 Å². The maximum absolute atomic E-state index is 6.00. The van der Waals surface area contributed by atoms with Crippen molar-refractivity contribution in [2.75, 3.05) is 7.05 Å². The van der Waals surface area contributed by atoms with Gasteiger partial charge in [-0.05, 0) is 55.8 Å². The highest BCUT2D eigenvalue weighted by Crippen LogP contribution is 2.30. The van der Waals surface area contributed by atoms with Crippen LogP contribution in [0, 0.1) is 13.8 Å². The van der Waals surface area contributed by atoms with Crippen LogP contribution >= 0.6 is 15.9 Å². The van der Waals surface area contributed by atoms with Crippen molar-refractivity contribution in [2.45, 2.75) is 20.4 Å². The van der Waals surface area contributed by atoms with Gasteiger partial charge in [0, 0.05) is 11.0 Å². The van der Waals surface area contributed by atoms with Gasteiger partial charge in [-0.2, -0.15) is 0 Å². The maximum atomic E-state index is 6.00. The quantitative estimate of drug-likeness (QED) is 0.890. The third-order valence-electron chi connectivity index (χ3n) is 2.99. The Morgan fingerprint density at radius 2 is 1.79 bits per heavy atom. The minimum atomic E-state index is 0.872. The van der Waals surface area contributed by atoms with E-state index in [1.54, 1.807) is 0 Å². The second-order valence-electron chi connectivity index (χ2n) is 4.64. The molecule has 2 nitrogen and oxygen atoms in total. The van der Waals surface area contributed by atoms with Gasteiger partial charge in [0.25, 0.3) is 0 Å². The lowest BCUT2D eigenvalue weighted by Crippen LogP contribution is -2.05. The minimum Gasteiger partial charge on any atom is -0.457 e. The van der Waals surface area contributed by atoms with Gasteiger partial charge in [0.15, 0.2) is 0 Å². The molecule has 0 radical (unpaired) electrons. The predicted molar refractivity (Wildman–Crippen MR) is 82.9 cm³/mol. The van der Waals surface area contributed by atoms with Gasteiger partial charge >= 0.3 is 0 Å². The highest BCUT2D eigenvalue weighted by molar-refractivity contribution is 9.10. The Hall–Kier alpha value is -1.32. The van der Waals surface area contributed by atoms with Crippen LogP contribution in [-0.2, 0) is 6.54 Å². The first-order valence-corrected chi connectivity index (χ1v) is 7.07. The number of benzene rings is 2. The molecule has 2 aromatic rings. The highest BCUT2D eigenvalue weighted by Gasteiger charge is 2.05. The number of aryl methyl sites for hydroxylation is 2. The van der Waals surface area contributed by atoms with E-state index in [0.29, 0.717) is 0 Å². The highest BCUT2D eigenvalue weighted by atomic mass is 79.9. The summed E-state index contributed by atoms with van der Waals surface area (Å²) in [6.07, 6.45) is 0. The summed E-state index contributed by atoms with van der Waals surface area (Å²) < 4.78 is 7.03. The van der Waals surface area contributed by atoms with Gasteiger partial charge < -0.3 is 10.1 Å². The molecular formula is C16H18BrNO. The minimum absolute atomic E-state index is 0.872. The first kappa shape index (κ1) is 14.1. The van der Waals surface area contributed by atoms with Crippen LogP contribution in [0.3, 0.4) is 0 Å². The Kier molecular flexibility index (Phi) is 4.61. The number of ether oxygens (including phenoxy) is 1. The molecule has 0 saturated carbocycles. The summed E-state index contributed by atoms with van der Waals surface area (Å²) >= 11 is 3.47. The van der Waals surface area contributed by atoms with Crippen LogP contribution in [0.1, 0.15) is 16.7 Å². The molecule has 0 aromatic heterocycles. The van der Waals surface area contributed by atoms with Crippen molar-refractivity contribution in [2.24, 2.45) is 0 Å². The standard InChI is InChI=1S/C16H18BrNO/c1-11-4-6-14(17)9-16(11)19-15-7-5-13(10-18-3)8-12(15)2/h4-9,18H,10H2,1-3H3. The molecule has 3 heteroatoms. The van der Waals surface area contributed by atoms with E-state index in [1.165, 1.54) is 5.56 Å². The molecule has 2 aromatic carbocycles. The molecule has 0 unspecified atom stereocenters. The van der Waals surface area contributed by atoms with Crippen LogP contribution in [0.4, 0.5) is 0 Å². The van der Waals surface area contributed by atoms with Crippen molar-refractivity contribution in [3.05, 3.63) is 57.6 Å². The Bertz CT molecular complexity index is 581. The van der Waals surface area contributed by atoms with Crippen molar-refractivity contribution in [1.29, 1.82) is 0 Å². The number of halogens is 1. The molecule has 19 heavy (non-hydrogen) atoms. The molecule has 0 fully saturated rings.